The second-order valence-corrected chi connectivity index (χ2v) is 11.0. The third kappa shape index (κ3) is 4.88. The molecule has 1 aromatic carbocycles. The smallest absolute Gasteiger partial charge is 0.243 e. The van der Waals surface area contributed by atoms with E-state index in [-0.39, 0.29) is 11.9 Å². The highest BCUT2D eigenvalue weighted by Crippen LogP contribution is 2.24. The molecule has 1 aromatic heterocycles. The second-order valence-electron chi connectivity index (χ2n) is 6.76. The summed E-state index contributed by atoms with van der Waals surface area (Å²) in [6, 6.07) is 11.7. The predicted octanol–water partition coefficient (Wildman–Crippen LogP) is 2.10. The van der Waals surface area contributed by atoms with Crippen LogP contribution in [0.25, 0.3) is 0 Å². The van der Waals surface area contributed by atoms with E-state index < -0.39 is 20.0 Å². The van der Waals surface area contributed by atoms with Crippen LogP contribution >= 0.6 is 0 Å². The highest BCUT2D eigenvalue weighted by molar-refractivity contribution is 7.92. The Hall–Kier alpha value is -2.17. The molecule has 0 saturated carbocycles. The van der Waals surface area contributed by atoms with Crippen molar-refractivity contribution in [1.29, 1.82) is 0 Å². The summed E-state index contributed by atoms with van der Waals surface area (Å²) in [7, 11) is -5.35. The van der Waals surface area contributed by atoms with E-state index in [1.54, 1.807) is 49.4 Å². The average Bonchev–Trinajstić information content (AvgIpc) is 2.75. The third-order valence-corrected chi connectivity index (χ3v) is 8.62. The molecule has 0 spiro atoms. The van der Waals surface area contributed by atoms with E-state index in [0.717, 1.165) is 0 Å². The molecule has 0 amide bonds. The molecule has 10 heteroatoms. The van der Waals surface area contributed by atoms with Gasteiger partial charge in [0.25, 0.3) is 0 Å². The number of pyridine rings is 1. The molecule has 158 valence electrons. The molecule has 1 saturated heterocycles. The van der Waals surface area contributed by atoms with Gasteiger partial charge in [-0.15, -0.1) is 0 Å². The van der Waals surface area contributed by atoms with E-state index in [1.807, 2.05) is 0 Å². The van der Waals surface area contributed by atoms with Crippen molar-refractivity contribution in [2.24, 2.45) is 0 Å². The van der Waals surface area contributed by atoms with Crippen LogP contribution in [0.2, 0.25) is 0 Å². The molecule has 1 aliphatic heterocycles. The van der Waals surface area contributed by atoms with Crippen LogP contribution in [0.4, 0.5) is 5.69 Å². The Morgan fingerprint density at radius 3 is 2.28 bits per heavy atom. The summed E-state index contributed by atoms with van der Waals surface area (Å²) in [5.74, 6) is 0.395. The van der Waals surface area contributed by atoms with Crippen LogP contribution in [0.1, 0.15) is 19.8 Å². The van der Waals surface area contributed by atoms with Gasteiger partial charge < -0.3 is 4.74 Å². The molecule has 0 aliphatic carbocycles. The number of piperidine rings is 1. The first-order valence-electron chi connectivity index (χ1n) is 9.38. The van der Waals surface area contributed by atoms with Crippen LogP contribution in [-0.2, 0) is 20.0 Å². The third-order valence-electron chi connectivity index (χ3n) is 4.94. The number of aromatic nitrogens is 1. The van der Waals surface area contributed by atoms with Gasteiger partial charge >= 0.3 is 0 Å². The Morgan fingerprint density at radius 2 is 1.72 bits per heavy atom. The lowest BCUT2D eigenvalue weighted by Crippen LogP contribution is -2.41. The van der Waals surface area contributed by atoms with E-state index >= 15 is 0 Å². The fraction of sp³-hybridized carbons (Fsp3) is 0.421. The Balaban J connectivity index is 1.59. The molecule has 3 rings (SSSR count). The van der Waals surface area contributed by atoms with Gasteiger partial charge in [0.15, 0.2) is 0 Å². The monoisotopic (exact) mass is 439 g/mol. The normalized spacial score (nSPS) is 16.5. The molecule has 29 heavy (non-hydrogen) atoms. The van der Waals surface area contributed by atoms with Gasteiger partial charge in [-0.05, 0) is 38.0 Å². The Morgan fingerprint density at radius 1 is 1.07 bits per heavy atom. The van der Waals surface area contributed by atoms with Crippen molar-refractivity contribution >= 4 is 25.7 Å². The van der Waals surface area contributed by atoms with Crippen LogP contribution in [0, 0.1) is 0 Å². The lowest BCUT2D eigenvalue weighted by atomic mass is 10.1. The van der Waals surface area contributed by atoms with Gasteiger partial charge in [-0.25, -0.2) is 21.8 Å². The molecular weight excluding hydrogens is 414 g/mol. The van der Waals surface area contributed by atoms with Crippen molar-refractivity contribution in [3.63, 3.8) is 0 Å². The number of hydrogen-bond donors (Lipinski definition) is 0. The molecule has 0 radical (unpaired) electrons. The molecule has 0 bridgehead atoms. The maximum atomic E-state index is 12.7. The van der Waals surface area contributed by atoms with E-state index in [9.17, 15) is 16.8 Å². The number of anilines is 1. The minimum Gasteiger partial charge on any atom is -0.474 e. The second kappa shape index (κ2) is 8.68. The summed E-state index contributed by atoms with van der Waals surface area (Å²) < 4.78 is 57.7. The van der Waals surface area contributed by atoms with Gasteiger partial charge in [0.05, 0.1) is 22.5 Å². The van der Waals surface area contributed by atoms with Crippen molar-refractivity contribution in [1.82, 2.24) is 9.29 Å². The number of nitrogens with zero attached hydrogens (tertiary/aromatic N) is 3. The molecule has 0 atom stereocenters. The summed E-state index contributed by atoms with van der Waals surface area (Å²) in [4.78, 5) is 4.49. The number of sulfonamides is 2. The molecule has 8 nitrogen and oxygen atoms in total. The summed E-state index contributed by atoms with van der Waals surface area (Å²) in [6.07, 6.45) is 2.42. The van der Waals surface area contributed by atoms with E-state index in [0.29, 0.717) is 42.4 Å². The van der Waals surface area contributed by atoms with Crippen molar-refractivity contribution in [2.45, 2.75) is 30.8 Å². The molecule has 1 fully saturated rings. The molecule has 0 unspecified atom stereocenters. The maximum Gasteiger partial charge on any atom is 0.243 e. The molecule has 1 aliphatic rings. The summed E-state index contributed by atoms with van der Waals surface area (Å²) in [6.45, 7) is 2.33. The van der Waals surface area contributed by atoms with Crippen molar-refractivity contribution < 1.29 is 21.6 Å². The SMILES string of the molecule is CCS(=O)(=O)N(C)c1ccc(OC2CCN(S(=O)(=O)c3ccccc3)CC2)nc1. The lowest BCUT2D eigenvalue weighted by Gasteiger charge is -2.31. The predicted molar refractivity (Wildman–Crippen MR) is 111 cm³/mol. The highest BCUT2D eigenvalue weighted by atomic mass is 32.2. The zero-order chi connectivity index (χ0) is 21.1. The maximum absolute atomic E-state index is 12.7. The van der Waals surface area contributed by atoms with Gasteiger partial charge in [-0.2, -0.15) is 4.31 Å². The van der Waals surface area contributed by atoms with Crippen LogP contribution < -0.4 is 9.04 Å². The van der Waals surface area contributed by atoms with E-state index in [1.165, 1.54) is 21.9 Å². The zero-order valence-electron chi connectivity index (χ0n) is 16.4. The first kappa shape index (κ1) is 21.5. The number of benzene rings is 1. The van der Waals surface area contributed by atoms with Gasteiger partial charge in [0, 0.05) is 26.2 Å². The standard InChI is InChI=1S/C19H25N3O5S2/c1-3-28(23,24)21(2)16-9-10-19(20-15-16)27-17-11-13-22(14-12-17)29(25,26)18-7-5-4-6-8-18/h4-10,15,17H,3,11-14H2,1-2H3. The largest absolute Gasteiger partial charge is 0.474 e. The van der Waals surface area contributed by atoms with E-state index in [2.05, 4.69) is 4.98 Å². The minimum atomic E-state index is -3.49. The average molecular weight is 440 g/mol. The first-order chi connectivity index (χ1) is 13.7. The minimum absolute atomic E-state index is 0.00617. The van der Waals surface area contributed by atoms with Crippen LogP contribution in [-0.4, -0.2) is 58.1 Å². The number of hydrogen-bond acceptors (Lipinski definition) is 6. The molecule has 0 N–H and O–H groups in total. The Kier molecular flexibility index (Phi) is 6.45. The Bertz CT molecular complexity index is 1020. The molecule has 2 aromatic rings. The molecular formula is C19H25N3O5S2. The van der Waals surface area contributed by atoms with Crippen LogP contribution in [0.5, 0.6) is 5.88 Å². The quantitative estimate of drug-likeness (QED) is 0.655. The highest BCUT2D eigenvalue weighted by Gasteiger charge is 2.30. The van der Waals surface area contributed by atoms with Gasteiger partial charge in [-0.1, -0.05) is 18.2 Å². The Labute approximate surface area is 172 Å². The fourth-order valence-electron chi connectivity index (χ4n) is 3.09. The van der Waals surface area contributed by atoms with Gasteiger partial charge in [-0.3, -0.25) is 4.31 Å². The summed E-state index contributed by atoms with van der Waals surface area (Å²) in [5, 5.41) is 0. The van der Waals surface area contributed by atoms with Crippen molar-refractivity contribution in [3.8, 4) is 5.88 Å². The topological polar surface area (TPSA) is 96.9 Å². The van der Waals surface area contributed by atoms with Gasteiger partial charge in [0.2, 0.25) is 25.9 Å². The summed E-state index contributed by atoms with van der Waals surface area (Å²) >= 11 is 0. The zero-order valence-corrected chi connectivity index (χ0v) is 18.1. The van der Waals surface area contributed by atoms with E-state index in [4.69, 9.17) is 4.74 Å². The molecule has 2 heterocycles. The van der Waals surface area contributed by atoms with Crippen LogP contribution in [0.3, 0.4) is 0 Å². The van der Waals surface area contributed by atoms with Crippen molar-refractivity contribution in [3.05, 3.63) is 48.7 Å². The van der Waals surface area contributed by atoms with Crippen LogP contribution in [0.15, 0.2) is 53.6 Å². The summed E-state index contributed by atoms with van der Waals surface area (Å²) in [5.41, 5.74) is 0.461. The number of ether oxygens (including phenoxy) is 1. The fourth-order valence-corrected chi connectivity index (χ4v) is 5.39. The van der Waals surface area contributed by atoms with Crippen molar-refractivity contribution in [2.75, 3.05) is 30.2 Å². The number of rotatable bonds is 7. The first-order valence-corrected chi connectivity index (χ1v) is 12.4. The lowest BCUT2D eigenvalue weighted by molar-refractivity contribution is 0.130. The van der Waals surface area contributed by atoms with Gasteiger partial charge in [0.1, 0.15) is 6.10 Å².